The SMILES string of the molecule is COC(=O)C(C)=C(OC(=O)[C@H](C)N)c1ccccc1. The van der Waals surface area contributed by atoms with Gasteiger partial charge in [0, 0.05) is 5.56 Å². The Labute approximate surface area is 112 Å². The molecular weight excluding hydrogens is 246 g/mol. The van der Waals surface area contributed by atoms with E-state index in [0.29, 0.717) is 5.56 Å². The summed E-state index contributed by atoms with van der Waals surface area (Å²) in [4.78, 5) is 23.2. The molecule has 0 radical (unpaired) electrons. The van der Waals surface area contributed by atoms with Crippen LogP contribution in [0.3, 0.4) is 0 Å². The molecule has 0 fully saturated rings. The minimum atomic E-state index is -0.774. The Balaban J connectivity index is 3.19. The van der Waals surface area contributed by atoms with Gasteiger partial charge in [0.1, 0.15) is 11.8 Å². The van der Waals surface area contributed by atoms with E-state index in [9.17, 15) is 9.59 Å². The van der Waals surface area contributed by atoms with Gasteiger partial charge in [-0.15, -0.1) is 0 Å². The van der Waals surface area contributed by atoms with Crippen molar-refractivity contribution in [2.75, 3.05) is 7.11 Å². The van der Waals surface area contributed by atoms with Gasteiger partial charge in [0.15, 0.2) is 0 Å². The summed E-state index contributed by atoms with van der Waals surface area (Å²) in [5.41, 5.74) is 6.28. The Morgan fingerprint density at radius 3 is 2.26 bits per heavy atom. The van der Waals surface area contributed by atoms with Crippen LogP contribution in [0.4, 0.5) is 0 Å². The number of carbonyl (C=O) groups excluding carboxylic acids is 2. The van der Waals surface area contributed by atoms with Crippen molar-refractivity contribution in [1.29, 1.82) is 0 Å². The van der Waals surface area contributed by atoms with Crippen LogP contribution in [-0.4, -0.2) is 25.1 Å². The topological polar surface area (TPSA) is 78.6 Å². The molecule has 0 saturated heterocycles. The van der Waals surface area contributed by atoms with Gasteiger partial charge >= 0.3 is 11.9 Å². The highest BCUT2D eigenvalue weighted by Crippen LogP contribution is 2.21. The van der Waals surface area contributed by atoms with Crippen molar-refractivity contribution in [2.45, 2.75) is 19.9 Å². The van der Waals surface area contributed by atoms with E-state index in [2.05, 4.69) is 4.74 Å². The Morgan fingerprint density at radius 2 is 1.79 bits per heavy atom. The van der Waals surface area contributed by atoms with Gasteiger partial charge in [-0.2, -0.15) is 0 Å². The lowest BCUT2D eigenvalue weighted by Gasteiger charge is -2.13. The third-order valence-electron chi connectivity index (χ3n) is 2.44. The molecule has 0 amide bonds. The maximum absolute atomic E-state index is 11.6. The van der Waals surface area contributed by atoms with E-state index in [4.69, 9.17) is 10.5 Å². The fraction of sp³-hybridized carbons (Fsp3) is 0.286. The molecule has 0 aliphatic carbocycles. The van der Waals surface area contributed by atoms with E-state index >= 15 is 0 Å². The summed E-state index contributed by atoms with van der Waals surface area (Å²) in [6.45, 7) is 3.04. The van der Waals surface area contributed by atoms with Crippen molar-refractivity contribution < 1.29 is 19.1 Å². The molecule has 0 saturated carbocycles. The lowest BCUT2D eigenvalue weighted by Crippen LogP contribution is -2.28. The zero-order chi connectivity index (χ0) is 14.4. The first-order valence-corrected chi connectivity index (χ1v) is 5.79. The highest BCUT2D eigenvalue weighted by molar-refractivity contribution is 5.97. The first-order valence-electron chi connectivity index (χ1n) is 5.79. The van der Waals surface area contributed by atoms with Crippen LogP contribution in [0, 0.1) is 0 Å². The summed E-state index contributed by atoms with van der Waals surface area (Å²) in [6.07, 6.45) is 0. The van der Waals surface area contributed by atoms with Crippen LogP contribution < -0.4 is 5.73 Å². The fourth-order valence-electron chi connectivity index (χ4n) is 1.38. The van der Waals surface area contributed by atoms with E-state index in [0.717, 1.165) is 0 Å². The van der Waals surface area contributed by atoms with Crippen molar-refractivity contribution in [3.8, 4) is 0 Å². The number of benzene rings is 1. The van der Waals surface area contributed by atoms with Gasteiger partial charge in [0.2, 0.25) is 0 Å². The molecule has 0 aliphatic heterocycles. The van der Waals surface area contributed by atoms with Crippen molar-refractivity contribution >= 4 is 17.7 Å². The van der Waals surface area contributed by atoms with Crippen molar-refractivity contribution in [3.05, 3.63) is 41.5 Å². The molecule has 0 unspecified atom stereocenters. The minimum absolute atomic E-state index is 0.162. The fourth-order valence-corrected chi connectivity index (χ4v) is 1.38. The summed E-state index contributed by atoms with van der Waals surface area (Å²) in [7, 11) is 1.27. The molecule has 0 aromatic heterocycles. The normalized spacial score (nSPS) is 13.3. The number of ether oxygens (including phenoxy) is 2. The second-order valence-corrected chi connectivity index (χ2v) is 4.02. The van der Waals surface area contributed by atoms with Gasteiger partial charge in [-0.05, 0) is 13.8 Å². The van der Waals surface area contributed by atoms with E-state index in [-0.39, 0.29) is 11.3 Å². The van der Waals surface area contributed by atoms with E-state index in [1.165, 1.54) is 21.0 Å². The lowest BCUT2D eigenvalue weighted by atomic mass is 10.1. The predicted octanol–water partition coefficient (Wildman–Crippen LogP) is 1.48. The van der Waals surface area contributed by atoms with Crippen molar-refractivity contribution in [2.24, 2.45) is 5.73 Å². The Hall–Kier alpha value is -2.14. The van der Waals surface area contributed by atoms with Gasteiger partial charge in [-0.25, -0.2) is 9.59 Å². The molecule has 0 bridgehead atoms. The molecule has 2 N–H and O–H groups in total. The number of hydrogen-bond acceptors (Lipinski definition) is 5. The molecular formula is C14H17NO4. The van der Waals surface area contributed by atoms with E-state index in [1.54, 1.807) is 24.3 Å². The third kappa shape index (κ3) is 3.93. The molecule has 1 atom stereocenters. The highest BCUT2D eigenvalue weighted by atomic mass is 16.5. The Bertz CT molecular complexity index is 491. The summed E-state index contributed by atoms with van der Waals surface area (Å²) in [5, 5.41) is 0. The smallest absolute Gasteiger partial charge is 0.337 e. The van der Waals surface area contributed by atoms with Crippen LogP contribution in [-0.2, 0) is 19.1 Å². The first kappa shape index (κ1) is 14.9. The standard InChI is InChI=1S/C14H17NO4/c1-9(13(16)18-3)12(19-14(17)10(2)15)11-7-5-4-6-8-11/h4-8,10H,15H2,1-3H3/t10-/m0/s1. The summed E-state index contributed by atoms with van der Waals surface area (Å²) in [5.74, 6) is -1.01. The second kappa shape index (κ2) is 6.70. The molecule has 1 aromatic carbocycles. The Kier molecular flexibility index (Phi) is 5.26. The van der Waals surface area contributed by atoms with Gasteiger partial charge in [-0.1, -0.05) is 30.3 Å². The average Bonchev–Trinajstić information content (AvgIpc) is 2.43. The van der Waals surface area contributed by atoms with Gasteiger partial charge in [0.25, 0.3) is 0 Å². The molecule has 0 spiro atoms. The number of nitrogens with two attached hydrogens (primary N) is 1. The molecule has 5 nitrogen and oxygen atoms in total. The Morgan fingerprint density at radius 1 is 1.21 bits per heavy atom. The third-order valence-corrected chi connectivity index (χ3v) is 2.44. The van der Waals surface area contributed by atoms with Gasteiger partial charge in [0.05, 0.1) is 12.7 Å². The monoisotopic (exact) mass is 263 g/mol. The maximum atomic E-state index is 11.6. The zero-order valence-electron chi connectivity index (χ0n) is 11.2. The average molecular weight is 263 g/mol. The summed E-state index contributed by atoms with van der Waals surface area (Å²) < 4.78 is 9.83. The number of carbonyl (C=O) groups is 2. The lowest BCUT2D eigenvalue weighted by molar-refractivity contribution is -0.138. The van der Waals surface area contributed by atoms with Crippen LogP contribution in [0.25, 0.3) is 5.76 Å². The highest BCUT2D eigenvalue weighted by Gasteiger charge is 2.19. The molecule has 102 valence electrons. The minimum Gasteiger partial charge on any atom is -0.466 e. The number of hydrogen-bond donors (Lipinski definition) is 1. The van der Waals surface area contributed by atoms with E-state index in [1.807, 2.05) is 6.07 Å². The second-order valence-electron chi connectivity index (χ2n) is 4.02. The van der Waals surface area contributed by atoms with Crippen molar-refractivity contribution in [1.82, 2.24) is 0 Å². The summed E-state index contributed by atoms with van der Waals surface area (Å²) >= 11 is 0. The maximum Gasteiger partial charge on any atom is 0.337 e. The zero-order valence-corrected chi connectivity index (χ0v) is 11.2. The molecule has 19 heavy (non-hydrogen) atoms. The van der Waals surface area contributed by atoms with E-state index < -0.39 is 18.0 Å². The van der Waals surface area contributed by atoms with Crippen LogP contribution in [0.15, 0.2) is 35.9 Å². The molecule has 1 aromatic rings. The van der Waals surface area contributed by atoms with Crippen LogP contribution in [0.1, 0.15) is 19.4 Å². The van der Waals surface area contributed by atoms with Gasteiger partial charge < -0.3 is 15.2 Å². The number of methoxy groups -OCH3 is 1. The van der Waals surface area contributed by atoms with Gasteiger partial charge in [-0.3, -0.25) is 0 Å². The van der Waals surface area contributed by atoms with Crippen LogP contribution >= 0.6 is 0 Å². The molecule has 5 heteroatoms. The number of rotatable bonds is 4. The molecule has 1 rings (SSSR count). The predicted molar refractivity (Wildman–Crippen MR) is 70.8 cm³/mol. The quantitative estimate of drug-likeness (QED) is 0.505. The van der Waals surface area contributed by atoms with Crippen LogP contribution in [0.2, 0.25) is 0 Å². The van der Waals surface area contributed by atoms with Crippen LogP contribution in [0.5, 0.6) is 0 Å². The number of esters is 2. The first-order chi connectivity index (χ1) is 8.97. The largest absolute Gasteiger partial charge is 0.466 e. The molecule has 0 aliphatic rings. The molecule has 0 heterocycles. The summed E-state index contributed by atoms with van der Waals surface area (Å²) in [6, 6.07) is 8.07. The van der Waals surface area contributed by atoms with Crippen molar-refractivity contribution in [3.63, 3.8) is 0 Å².